The molecule has 2 N–H and O–H groups in total. The Bertz CT molecular complexity index is 660. The van der Waals surface area contributed by atoms with Gasteiger partial charge in [-0.1, -0.05) is 0 Å². The fraction of sp³-hybridized carbons (Fsp3) is 0.562. The van der Waals surface area contributed by atoms with E-state index in [1.165, 1.54) is 5.82 Å². The number of hydrogen-bond donors (Lipinski definition) is 1. The molecule has 0 spiro atoms. The van der Waals surface area contributed by atoms with Gasteiger partial charge in [-0.25, -0.2) is 4.98 Å². The fourth-order valence-corrected chi connectivity index (χ4v) is 3.14. The molecule has 1 aliphatic rings. The first-order valence-corrected chi connectivity index (χ1v) is 8.04. The van der Waals surface area contributed by atoms with Crippen LogP contribution in [0.15, 0.2) is 18.5 Å². The summed E-state index contributed by atoms with van der Waals surface area (Å²) >= 11 is 0. The number of imidazole rings is 1. The van der Waals surface area contributed by atoms with Gasteiger partial charge in [0.1, 0.15) is 11.6 Å². The Hall–Kier alpha value is -2.31. The third-order valence-electron chi connectivity index (χ3n) is 4.35. The molecule has 0 amide bonds. The molecule has 23 heavy (non-hydrogen) atoms. The summed E-state index contributed by atoms with van der Waals surface area (Å²) in [5, 5.41) is 0. The number of nitrogens with two attached hydrogens (primary N) is 1. The Kier molecular flexibility index (Phi) is 4.36. The van der Waals surface area contributed by atoms with Gasteiger partial charge in [0.2, 0.25) is 11.8 Å². The molecule has 0 unspecified atom stereocenters. The average molecular weight is 316 g/mol. The molecule has 3 heterocycles. The van der Waals surface area contributed by atoms with E-state index in [2.05, 4.69) is 44.5 Å². The summed E-state index contributed by atoms with van der Waals surface area (Å²) in [6.07, 6.45) is 6.08. The summed E-state index contributed by atoms with van der Waals surface area (Å²) in [5.74, 6) is 3.27. The highest BCUT2D eigenvalue weighted by atomic mass is 16.5. The first-order valence-electron chi connectivity index (χ1n) is 8.04. The SMILES string of the molecule is COc1cc(N2CCC(c3nccn3C(C)C)CC2)nc(N)n1. The lowest BCUT2D eigenvalue weighted by Gasteiger charge is -2.33. The van der Waals surface area contributed by atoms with Crippen LogP contribution in [0.3, 0.4) is 0 Å². The van der Waals surface area contributed by atoms with Crippen LogP contribution in [0.5, 0.6) is 5.88 Å². The van der Waals surface area contributed by atoms with Crippen molar-refractivity contribution in [3.8, 4) is 5.88 Å². The van der Waals surface area contributed by atoms with Crippen molar-refractivity contribution in [3.63, 3.8) is 0 Å². The van der Waals surface area contributed by atoms with Crippen molar-refractivity contribution in [1.29, 1.82) is 0 Å². The molecule has 7 nitrogen and oxygen atoms in total. The molecule has 0 saturated carbocycles. The van der Waals surface area contributed by atoms with Crippen LogP contribution in [0.4, 0.5) is 11.8 Å². The lowest BCUT2D eigenvalue weighted by Crippen LogP contribution is -2.34. The van der Waals surface area contributed by atoms with Gasteiger partial charge in [0.15, 0.2) is 0 Å². The Balaban J connectivity index is 1.71. The van der Waals surface area contributed by atoms with Crippen LogP contribution in [0, 0.1) is 0 Å². The number of ether oxygens (including phenoxy) is 1. The van der Waals surface area contributed by atoms with E-state index in [0.29, 0.717) is 17.8 Å². The van der Waals surface area contributed by atoms with Gasteiger partial charge in [0.05, 0.1) is 7.11 Å². The van der Waals surface area contributed by atoms with Gasteiger partial charge in [0, 0.05) is 43.5 Å². The van der Waals surface area contributed by atoms with Crippen LogP contribution >= 0.6 is 0 Å². The maximum atomic E-state index is 5.76. The van der Waals surface area contributed by atoms with E-state index in [1.54, 1.807) is 7.11 Å². The van der Waals surface area contributed by atoms with Crippen molar-refractivity contribution in [3.05, 3.63) is 24.3 Å². The number of anilines is 2. The van der Waals surface area contributed by atoms with E-state index in [4.69, 9.17) is 10.5 Å². The highest BCUT2D eigenvalue weighted by Crippen LogP contribution is 2.31. The van der Waals surface area contributed by atoms with Gasteiger partial charge in [-0.15, -0.1) is 0 Å². The number of nitrogens with zero attached hydrogens (tertiary/aromatic N) is 5. The van der Waals surface area contributed by atoms with E-state index in [1.807, 2.05) is 12.3 Å². The first kappa shape index (κ1) is 15.6. The maximum Gasteiger partial charge on any atom is 0.225 e. The molecule has 124 valence electrons. The van der Waals surface area contributed by atoms with Gasteiger partial charge in [0.25, 0.3) is 0 Å². The molecule has 1 saturated heterocycles. The average Bonchev–Trinajstić information content (AvgIpc) is 3.04. The Labute approximate surface area is 136 Å². The van der Waals surface area contributed by atoms with Crippen LogP contribution < -0.4 is 15.4 Å². The van der Waals surface area contributed by atoms with Crippen molar-refractivity contribution >= 4 is 11.8 Å². The third kappa shape index (κ3) is 3.23. The standard InChI is InChI=1S/C16H24N6O/c1-11(2)22-9-6-18-15(22)12-4-7-21(8-5-12)13-10-14(23-3)20-16(17)19-13/h6,9-12H,4-5,7-8H2,1-3H3,(H2,17,19,20). The number of methoxy groups -OCH3 is 1. The van der Waals surface area contributed by atoms with Crippen molar-refractivity contribution in [2.45, 2.75) is 38.6 Å². The van der Waals surface area contributed by atoms with Crippen molar-refractivity contribution < 1.29 is 4.74 Å². The normalized spacial score (nSPS) is 16.1. The van der Waals surface area contributed by atoms with Crippen molar-refractivity contribution in [2.24, 2.45) is 0 Å². The summed E-state index contributed by atoms with van der Waals surface area (Å²) in [4.78, 5) is 15.2. The monoisotopic (exact) mass is 316 g/mol. The molecule has 0 bridgehead atoms. The van der Waals surface area contributed by atoms with Gasteiger partial charge in [-0.05, 0) is 26.7 Å². The zero-order chi connectivity index (χ0) is 16.4. The van der Waals surface area contributed by atoms with Crippen LogP contribution in [0.25, 0.3) is 0 Å². The van der Waals surface area contributed by atoms with Crippen LogP contribution in [0.2, 0.25) is 0 Å². The molecule has 0 aromatic carbocycles. The van der Waals surface area contributed by atoms with E-state index in [-0.39, 0.29) is 5.95 Å². The highest BCUT2D eigenvalue weighted by molar-refractivity contribution is 5.46. The molecule has 1 aliphatic heterocycles. The van der Waals surface area contributed by atoms with Crippen LogP contribution in [-0.2, 0) is 0 Å². The molecule has 2 aromatic rings. The Morgan fingerprint density at radius 1 is 1.26 bits per heavy atom. The minimum absolute atomic E-state index is 0.247. The van der Waals surface area contributed by atoms with Gasteiger partial charge in [-0.2, -0.15) is 9.97 Å². The summed E-state index contributed by atoms with van der Waals surface area (Å²) in [6.45, 7) is 6.23. The second kappa shape index (κ2) is 6.44. The zero-order valence-corrected chi connectivity index (χ0v) is 13.9. The molecule has 0 aliphatic carbocycles. The number of piperidine rings is 1. The number of hydrogen-bond acceptors (Lipinski definition) is 6. The minimum Gasteiger partial charge on any atom is -0.481 e. The molecule has 0 atom stereocenters. The summed E-state index contributed by atoms with van der Waals surface area (Å²) in [7, 11) is 1.59. The third-order valence-corrected chi connectivity index (χ3v) is 4.35. The molecular weight excluding hydrogens is 292 g/mol. The van der Waals surface area contributed by atoms with E-state index in [9.17, 15) is 0 Å². The summed E-state index contributed by atoms with van der Waals surface area (Å²) in [5.41, 5.74) is 5.76. The van der Waals surface area contributed by atoms with E-state index in [0.717, 1.165) is 31.7 Å². The number of aromatic nitrogens is 4. The van der Waals surface area contributed by atoms with Gasteiger partial charge in [-0.3, -0.25) is 0 Å². The second-order valence-corrected chi connectivity index (χ2v) is 6.17. The minimum atomic E-state index is 0.247. The lowest BCUT2D eigenvalue weighted by molar-refractivity contribution is 0.397. The molecule has 3 rings (SSSR count). The fourth-order valence-electron chi connectivity index (χ4n) is 3.14. The molecule has 0 radical (unpaired) electrons. The predicted molar refractivity (Wildman–Crippen MR) is 89.8 cm³/mol. The predicted octanol–water partition coefficient (Wildman–Crippen LogP) is 2.23. The smallest absolute Gasteiger partial charge is 0.225 e. The zero-order valence-electron chi connectivity index (χ0n) is 13.9. The first-order chi connectivity index (χ1) is 11.1. The van der Waals surface area contributed by atoms with Gasteiger partial charge >= 0.3 is 0 Å². The maximum absolute atomic E-state index is 5.76. The molecule has 2 aromatic heterocycles. The van der Waals surface area contributed by atoms with E-state index >= 15 is 0 Å². The topological polar surface area (TPSA) is 82.1 Å². The summed E-state index contributed by atoms with van der Waals surface area (Å²) in [6, 6.07) is 2.28. The van der Waals surface area contributed by atoms with Crippen LogP contribution in [-0.4, -0.2) is 39.7 Å². The van der Waals surface area contributed by atoms with Gasteiger partial charge < -0.3 is 19.9 Å². The highest BCUT2D eigenvalue weighted by Gasteiger charge is 2.25. The van der Waals surface area contributed by atoms with Crippen LogP contribution in [0.1, 0.15) is 44.5 Å². The Morgan fingerprint density at radius 3 is 2.65 bits per heavy atom. The number of nitrogen functional groups attached to an aromatic ring is 1. The quantitative estimate of drug-likeness (QED) is 0.931. The Morgan fingerprint density at radius 2 is 2.00 bits per heavy atom. The van der Waals surface area contributed by atoms with Crippen molar-refractivity contribution in [1.82, 2.24) is 19.5 Å². The largest absolute Gasteiger partial charge is 0.481 e. The van der Waals surface area contributed by atoms with E-state index < -0.39 is 0 Å². The molecule has 7 heteroatoms. The summed E-state index contributed by atoms with van der Waals surface area (Å²) < 4.78 is 7.45. The molecular formula is C16H24N6O. The van der Waals surface area contributed by atoms with Crippen molar-refractivity contribution in [2.75, 3.05) is 30.8 Å². The second-order valence-electron chi connectivity index (χ2n) is 6.17. The lowest BCUT2D eigenvalue weighted by atomic mass is 9.95. The molecule has 1 fully saturated rings. The number of rotatable bonds is 4.